The molecule has 2 aromatic heterocycles. The molecule has 2 heterocycles. The molecule has 1 aliphatic carbocycles. The first-order valence-corrected chi connectivity index (χ1v) is 9.55. The van der Waals surface area contributed by atoms with Crippen LogP contribution in [0.3, 0.4) is 0 Å². The smallest absolute Gasteiger partial charge is 0.123 e. The van der Waals surface area contributed by atoms with Gasteiger partial charge in [0.15, 0.2) is 0 Å². The Morgan fingerprint density at radius 1 is 1.17 bits per heavy atom. The van der Waals surface area contributed by atoms with Crippen LogP contribution in [0.1, 0.15) is 35.0 Å². The fourth-order valence-electron chi connectivity index (χ4n) is 3.04. The van der Waals surface area contributed by atoms with Crippen molar-refractivity contribution in [1.29, 1.82) is 0 Å². The molecular weight excluding hydrogens is 327 g/mol. The molecule has 1 N–H and O–H groups in total. The summed E-state index contributed by atoms with van der Waals surface area (Å²) in [6.45, 7) is 0.775. The van der Waals surface area contributed by atoms with Gasteiger partial charge in [-0.1, -0.05) is 0 Å². The molecule has 0 bridgehead atoms. The molecule has 5 heteroatoms. The molecule has 0 radical (unpaired) electrons. The predicted octanol–water partition coefficient (Wildman–Crippen LogP) is 5.18. The Morgan fingerprint density at radius 3 is 2.91 bits per heavy atom. The zero-order chi connectivity index (χ0) is 15.6. The summed E-state index contributed by atoms with van der Waals surface area (Å²) in [5, 5.41) is 8.87. The minimum absolute atomic E-state index is 0.212. The fraction of sp³-hybridized carbons (Fsp3) is 0.278. The van der Waals surface area contributed by atoms with E-state index in [9.17, 15) is 4.39 Å². The van der Waals surface area contributed by atoms with Crippen molar-refractivity contribution in [3.8, 4) is 10.6 Å². The summed E-state index contributed by atoms with van der Waals surface area (Å²) in [4.78, 5) is 6.20. The number of thiophene rings is 1. The Kier molecular flexibility index (Phi) is 4.25. The highest BCUT2D eigenvalue weighted by Gasteiger charge is 2.20. The summed E-state index contributed by atoms with van der Waals surface area (Å²) >= 11 is 3.48. The topological polar surface area (TPSA) is 24.9 Å². The first-order chi connectivity index (χ1) is 11.3. The molecule has 0 amide bonds. The van der Waals surface area contributed by atoms with Crippen molar-refractivity contribution in [2.45, 2.75) is 31.8 Å². The molecule has 1 aliphatic rings. The van der Waals surface area contributed by atoms with E-state index in [1.807, 2.05) is 11.3 Å². The third kappa shape index (κ3) is 3.22. The standard InChI is InChI=1S/C18H17FN2S2/c19-13-6-4-12(5-7-13)18-21-14(11-23-18)10-20-16-2-1-3-17-15(16)8-9-22-17/h4-9,11,16,20H,1-3,10H2. The Hall–Kier alpha value is -1.56. The zero-order valence-corrected chi connectivity index (χ0v) is 14.2. The number of rotatable bonds is 4. The van der Waals surface area contributed by atoms with E-state index in [-0.39, 0.29) is 5.82 Å². The summed E-state index contributed by atoms with van der Waals surface area (Å²) in [6, 6.07) is 9.22. The third-order valence-electron chi connectivity index (χ3n) is 4.22. The van der Waals surface area contributed by atoms with Crippen LogP contribution in [0.15, 0.2) is 41.1 Å². The summed E-state index contributed by atoms with van der Waals surface area (Å²) < 4.78 is 13.0. The molecule has 0 saturated carbocycles. The van der Waals surface area contributed by atoms with Gasteiger partial charge < -0.3 is 5.32 Å². The van der Waals surface area contributed by atoms with E-state index in [1.54, 1.807) is 23.5 Å². The maximum atomic E-state index is 13.0. The van der Waals surface area contributed by atoms with E-state index in [4.69, 9.17) is 0 Å². The number of nitrogens with zero attached hydrogens (tertiary/aromatic N) is 1. The lowest BCUT2D eigenvalue weighted by Gasteiger charge is -2.23. The van der Waals surface area contributed by atoms with Crippen molar-refractivity contribution in [3.05, 3.63) is 63.0 Å². The first-order valence-electron chi connectivity index (χ1n) is 7.79. The average Bonchev–Trinajstić information content (AvgIpc) is 3.23. The Bertz CT molecular complexity index is 791. The average molecular weight is 344 g/mol. The maximum Gasteiger partial charge on any atom is 0.123 e. The molecule has 0 aliphatic heterocycles. The minimum Gasteiger partial charge on any atom is -0.304 e. The minimum atomic E-state index is -0.212. The van der Waals surface area contributed by atoms with Gasteiger partial charge >= 0.3 is 0 Å². The summed E-state index contributed by atoms with van der Waals surface area (Å²) in [5.41, 5.74) is 3.49. The van der Waals surface area contributed by atoms with Gasteiger partial charge in [0.25, 0.3) is 0 Å². The highest BCUT2D eigenvalue weighted by Crippen LogP contribution is 2.33. The first kappa shape index (κ1) is 15.0. The summed E-state index contributed by atoms with van der Waals surface area (Å²) in [6.07, 6.45) is 3.67. The van der Waals surface area contributed by atoms with Gasteiger partial charge in [-0.3, -0.25) is 0 Å². The number of nitrogens with one attached hydrogen (secondary N) is 1. The van der Waals surface area contributed by atoms with Gasteiger partial charge in [0.2, 0.25) is 0 Å². The lowest BCUT2D eigenvalue weighted by molar-refractivity contribution is 0.461. The quantitative estimate of drug-likeness (QED) is 0.705. The Labute approximate surface area is 143 Å². The SMILES string of the molecule is Fc1ccc(-c2nc(CNC3CCCc4sccc43)cs2)cc1. The number of aryl methyl sites for hydroxylation is 1. The predicted molar refractivity (Wildman–Crippen MR) is 94.3 cm³/mol. The monoisotopic (exact) mass is 344 g/mol. The molecule has 0 fully saturated rings. The second-order valence-electron chi connectivity index (χ2n) is 5.78. The van der Waals surface area contributed by atoms with Gasteiger partial charge in [-0.05, 0) is 60.5 Å². The number of fused-ring (bicyclic) bond motifs is 1. The molecule has 4 rings (SSSR count). The second-order valence-corrected chi connectivity index (χ2v) is 7.63. The Balaban J connectivity index is 1.44. The molecule has 0 spiro atoms. The van der Waals surface area contributed by atoms with Crippen molar-refractivity contribution < 1.29 is 4.39 Å². The van der Waals surface area contributed by atoms with Gasteiger partial charge in [0.1, 0.15) is 10.8 Å². The molecule has 3 aromatic rings. The Morgan fingerprint density at radius 2 is 2.04 bits per heavy atom. The second kappa shape index (κ2) is 6.51. The zero-order valence-electron chi connectivity index (χ0n) is 12.6. The summed E-state index contributed by atoms with van der Waals surface area (Å²) in [5.74, 6) is -0.212. The van der Waals surface area contributed by atoms with Crippen molar-refractivity contribution in [3.63, 3.8) is 0 Å². The van der Waals surface area contributed by atoms with Gasteiger partial charge in [0, 0.05) is 28.4 Å². The van der Waals surface area contributed by atoms with Crippen LogP contribution in [0.2, 0.25) is 0 Å². The van der Waals surface area contributed by atoms with Crippen LogP contribution in [0, 0.1) is 5.82 Å². The highest BCUT2D eigenvalue weighted by atomic mass is 32.1. The van der Waals surface area contributed by atoms with Gasteiger partial charge in [-0.15, -0.1) is 22.7 Å². The van der Waals surface area contributed by atoms with E-state index >= 15 is 0 Å². The molecule has 2 nitrogen and oxygen atoms in total. The van der Waals surface area contributed by atoms with Crippen molar-refractivity contribution in [2.75, 3.05) is 0 Å². The normalized spacial score (nSPS) is 17.2. The van der Waals surface area contributed by atoms with Crippen molar-refractivity contribution in [2.24, 2.45) is 0 Å². The van der Waals surface area contributed by atoms with Crippen LogP contribution in [0.4, 0.5) is 4.39 Å². The van der Waals surface area contributed by atoms with Crippen LogP contribution in [-0.2, 0) is 13.0 Å². The lowest BCUT2D eigenvalue weighted by Crippen LogP contribution is -2.23. The molecule has 23 heavy (non-hydrogen) atoms. The number of aromatic nitrogens is 1. The molecule has 118 valence electrons. The molecule has 1 aromatic carbocycles. The van der Waals surface area contributed by atoms with Gasteiger partial charge in [-0.25, -0.2) is 9.37 Å². The number of thiazole rings is 1. The van der Waals surface area contributed by atoms with Crippen LogP contribution in [0.25, 0.3) is 10.6 Å². The largest absolute Gasteiger partial charge is 0.304 e. The van der Waals surface area contributed by atoms with E-state index in [0.717, 1.165) is 22.8 Å². The molecule has 1 unspecified atom stereocenters. The van der Waals surface area contributed by atoms with Crippen LogP contribution >= 0.6 is 22.7 Å². The number of halogens is 1. The van der Waals surface area contributed by atoms with Crippen LogP contribution in [0.5, 0.6) is 0 Å². The molecule has 0 saturated heterocycles. The number of hydrogen-bond donors (Lipinski definition) is 1. The maximum absolute atomic E-state index is 13.0. The number of benzene rings is 1. The van der Waals surface area contributed by atoms with E-state index < -0.39 is 0 Å². The highest BCUT2D eigenvalue weighted by molar-refractivity contribution is 7.13. The molecular formula is C18H17FN2S2. The van der Waals surface area contributed by atoms with Crippen molar-refractivity contribution >= 4 is 22.7 Å². The van der Waals surface area contributed by atoms with E-state index in [0.29, 0.717) is 6.04 Å². The van der Waals surface area contributed by atoms with E-state index in [2.05, 4.69) is 27.1 Å². The third-order valence-corrected chi connectivity index (χ3v) is 6.16. The fourth-order valence-corrected chi connectivity index (χ4v) is 4.85. The summed E-state index contributed by atoms with van der Waals surface area (Å²) in [7, 11) is 0. The van der Waals surface area contributed by atoms with Gasteiger partial charge in [0.05, 0.1) is 5.69 Å². The van der Waals surface area contributed by atoms with Crippen molar-refractivity contribution in [1.82, 2.24) is 10.3 Å². The van der Waals surface area contributed by atoms with Crippen LogP contribution in [-0.4, -0.2) is 4.98 Å². The van der Waals surface area contributed by atoms with Crippen LogP contribution < -0.4 is 5.32 Å². The van der Waals surface area contributed by atoms with E-state index in [1.165, 1.54) is 41.8 Å². The lowest BCUT2D eigenvalue weighted by atomic mass is 9.94. The molecule has 1 atom stereocenters. The number of hydrogen-bond acceptors (Lipinski definition) is 4. The van der Waals surface area contributed by atoms with Gasteiger partial charge in [-0.2, -0.15) is 0 Å².